The molecule has 1 N–H and O–H groups in total. The summed E-state index contributed by atoms with van der Waals surface area (Å²) in [7, 11) is 0. The number of nitrogens with zero attached hydrogens (tertiary/aromatic N) is 1. The van der Waals surface area contributed by atoms with Crippen LogP contribution in [-0.2, 0) is 4.74 Å². The molecule has 3 heteroatoms. The Morgan fingerprint density at radius 3 is 2.71 bits per heavy atom. The van der Waals surface area contributed by atoms with E-state index in [9.17, 15) is 5.11 Å². The van der Waals surface area contributed by atoms with Gasteiger partial charge in [0, 0.05) is 19.5 Å². The Labute approximate surface area is 85.4 Å². The Hall–Kier alpha value is -0.540. The average Bonchev–Trinajstić information content (AvgIpc) is 2.72. The monoisotopic (exact) mass is 197 g/mol. The van der Waals surface area contributed by atoms with Crippen LogP contribution < -0.4 is 0 Å². The van der Waals surface area contributed by atoms with Crippen LogP contribution in [0.25, 0.3) is 0 Å². The predicted molar refractivity (Wildman–Crippen MR) is 54.9 cm³/mol. The molecule has 14 heavy (non-hydrogen) atoms. The first kappa shape index (κ1) is 9.99. The zero-order chi connectivity index (χ0) is 10.0. The number of ether oxygens (including phenoxy) is 1. The van der Waals surface area contributed by atoms with Gasteiger partial charge in [0.15, 0.2) is 0 Å². The summed E-state index contributed by atoms with van der Waals surface area (Å²) in [6, 6.07) is 0. The molecule has 0 spiro atoms. The molecular weight excluding hydrogens is 178 g/mol. The Morgan fingerprint density at radius 2 is 2.21 bits per heavy atom. The molecule has 0 aromatic rings. The summed E-state index contributed by atoms with van der Waals surface area (Å²) in [6.07, 6.45) is 4.62. The van der Waals surface area contributed by atoms with Crippen LogP contribution in [0.1, 0.15) is 26.2 Å². The first-order valence-corrected chi connectivity index (χ1v) is 5.53. The van der Waals surface area contributed by atoms with Crippen LogP contribution in [0.4, 0.5) is 0 Å². The van der Waals surface area contributed by atoms with E-state index in [1.165, 1.54) is 0 Å². The fraction of sp³-hybridized carbons (Fsp3) is 0.818. The number of rotatable bonds is 2. The van der Waals surface area contributed by atoms with Gasteiger partial charge in [0.1, 0.15) is 11.4 Å². The maximum atomic E-state index is 10.4. The fourth-order valence-electron chi connectivity index (χ4n) is 2.23. The lowest BCUT2D eigenvalue weighted by Gasteiger charge is -2.37. The van der Waals surface area contributed by atoms with Gasteiger partial charge in [0.25, 0.3) is 0 Å². The van der Waals surface area contributed by atoms with Crippen molar-refractivity contribution >= 4 is 0 Å². The first-order valence-electron chi connectivity index (χ1n) is 5.53. The van der Waals surface area contributed by atoms with Gasteiger partial charge >= 0.3 is 0 Å². The highest BCUT2D eigenvalue weighted by Gasteiger charge is 2.37. The molecule has 2 aliphatic rings. The SMILES string of the molecule is CCN1CCC(O)(C2=CCCO2)CC1. The van der Waals surface area contributed by atoms with E-state index in [-0.39, 0.29) is 0 Å². The van der Waals surface area contributed by atoms with E-state index >= 15 is 0 Å². The summed E-state index contributed by atoms with van der Waals surface area (Å²) in [4.78, 5) is 2.37. The largest absolute Gasteiger partial charge is 0.495 e. The Morgan fingerprint density at radius 1 is 1.50 bits per heavy atom. The number of likely N-dealkylation sites (tertiary alicyclic amines) is 1. The third-order valence-corrected chi connectivity index (χ3v) is 3.29. The molecule has 0 aromatic carbocycles. The van der Waals surface area contributed by atoms with Gasteiger partial charge in [0.05, 0.1) is 6.61 Å². The molecule has 0 aromatic heterocycles. The molecule has 1 fully saturated rings. The number of piperidine rings is 1. The molecule has 0 radical (unpaired) electrons. The smallest absolute Gasteiger partial charge is 0.124 e. The predicted octanol–water partition coefficient (Wildman–Crippen LogP) is 1.14. The second kappa shape index (κ2) is 3.91. The third-order valence-electron chi connectivity index (χ3n) is 3.29. The second-order valence-electron chi connectivity index (χ2n) is 4.17. The van der Waals surface area contributed by atoms with Crippen LogP contribution in [-0.4, -0.2) is 41.8 Å². The zero-order valence-corrected chi connectivity index (χ0v) is 8.83. The molecule has 3 nitrogen and oxygen atoms in total. The van der Waals surface area contributed by atoms with Gasteiger partial charge in [-0.05, 0) is 25.5 Å². The van der Waals surface area contributed by atoms with Crippen molar-refractivity contribution in [3.05, 3.63) is 11.8 Å². The van der Waals surface area contributed by atoms with Gasteiger partial charge in [0.2, 0.25) is 0 Å². The van der Waals surface area contributed by atoms with Crippen molar-refractivity contribution in [2.75, 3.05) is 26.2 Å². The molecule has 2 aliphatic heterocycles. The van der Waals surface area contributed by atoms with E-state index in [0.29, 0.717) is 0 Å². The lowest BCUT2D eigenvalue weighted by Crippen LogP contribution is -2.45. The molecule has 2 rings (SSSR count). The van der Waals surface area contributed by atoms with E-state index in [2.05, 4.69) is 11.8 Å². The summed E-state index contributed by atoms with van der Waals surface area (Å²) < 4.78 is 5.46. The van der Waals surface area contributed by atoms with Crippen molar-refractivity contribution in [1.29, 1.82) is 0 Å². The van der Waals surface area contributed by atoms with Gasteiger partial charge in [-0.2, -0.15) is 0 Å². The maximum absolute atomic E-state index is 10.4. The third kappa shape index (κ3) is 1.79. The first-order chi connectivity index (χ1) is 6.74. The Kier molecular flexibility index (Phi) is 2.79. The summed E-state index contributed by atoms with van der Waals surface area (Å²) >= 11 is 0. The molecule has 1 saturated heterocycles. The summed E-state index contributed by atoms with van der Waals surface area (Å²) in [5.74, 6) is 0.827. The highest BCUT2D eigenvalue weighted by molar-refractivity contribution is 5.14. The summed E-state index contributed by atoms with van der Waals surface area (Å²) in [5, 5.41) is 10.4. The van der Waals surface area contributed by atoms with Crippen LogP contribution in [0, 0.1) is 0 Å². The Balaban J connectivity index is 1.97. The molecule has 2 heterocycles. The molecular formula is C11H19NO2. The van der Waals surface area contributed by atoms with E-state index < -0.39 is 5.60 Å². The minimum atomic E-state index is -0.665. The lowest BCUT2D eigenvalue weighted by atomic mass is 9.89. The van der Waals surface area contributed by atoms with Crippen LogP contribution >= 0.6 is 0 Å². The van der Waals surface area contributed by atoms with Crippen molar-refractivity contribution < 1.29 is 9.84 Å². The van der Waals surface area contributed by atoms with Crippen molar-refractivity contribution in [3.63, 3.8) is 0 Å². The quantitative estimate of drug-likeness (QED) is 0.720. The lowest BCUT2D eigenvalue weighted by molar-refractivity contribution is -0.0290. The molecule has 80 valence electrons. The minimum Gasteiger partial charge on any atom is -0.495 e. The van der Waals surface area contributed by atoms with E-state index in [1.807, 2.05) is 6.08 Å². The standard InChI is InChI=1S/C11H19NO2/c1-2-12-7-5-11(13,6-8-12)10-4-3-9-14-10/h4,13H,2-3,5-9H2,1H3. The van der Waals surface area contributed by atoms with Gasteiger partial charge in [-0.3, -0.25) is 0 Å². The van der Waals surface area contributed by atoms with Crippen LogP contribution in [0.5, 0.6) is 0 Å². The zero-order valence-electron chi connectivity index (χ0n) is 8.83. The van der Waals surface area contributed by atoms with Gasteiger partial charge < -0.3 is 14.7 Å². The van der Waals surface area contributed by atoms with Gasteiger partial charge in [-0.25, -0.2) is 0 Å². The molecule has 0 atom stereocenters. The van der Waals surface area contributed by atoms with E-state index in [1.54, 1.807) is 0 Å². The van der Waals surface area contributed by atoms with Crippen LogP contribution in [0.15, 0.2) is 11.8 Å². The minimum absolute atomic E-state index is 0.665. The van der Waals surface area contributed by atoms with Gasteiger partial charge in [-0.15, -0.1) is 0 Å². The molecule has 0 saturated carbocycles. The summed E-state index contributed by atoms with van der Waals surface area (Å²) in [6.45, 7) is 5.95. The van der Waals surface area contributed by atoms with Gasteiger partial charge in [-0.1, -0.05) is 6.92 Å². The van der Waals surface area contributed by atoms with Crippen LogP contribution in [0.2, 0.25) is 0 Å². The number of aliphatic hydroxyl groups is 1. The Bertz CT molecular complexity index is 229. The van der Waals surface area contributed by atoms with E-state index in [4.69, 9.17) is 4.74 Å². The highest BCUT2D eigenvalue weighted by atomic mass is 16.5. The van der Waals surface area contributed by atoms with Crippen molar-refractivity contribution in [3.8, 4) is 0 Å². The second-order valence-corrected chi connectivity index (χ2v) is 4.17. The van der Waals surface area contributed by atoms with Crippen LogP contribution in [0.3, 0.4) is 0 Å². The van der Waals surface area contributed by atoms with E-state index in [0.717, 1.165) is 51.3 Å². The topological polar surface area (TPSA) is 32.7 Å². The van der Waals surface area contributed by atoms with Crippen molar-refractivity contribution in [2.45, 2.75) is 31.8 Å². The normalized spacial score (nSPS) is 27.1. The van der Waals surface area contributed by atoms with Crippen molar-refractivity contribution in [2.24, 2.45) is 0 Å². The average molecular weight is 197 g/mol. The molecule has 0 bridgehead atoms. The molecule has 0 amide bonds. The fourth-order valence-corrected chi connectivity index (χ4v) is 2.23. The summed E-state index contributed by atoms with van der Waals surface area (Å²) in [5.41, 5.74) is -0.665. The molecule has 0 aliphatic carbocycles. The molecule has 0 unspecified atom stereocenters. The number of hydrogen-bond acceptors (Lipinski definition) is 3. The van der Waals surface area contributed by atoms with Crippen molar-refractivity contribution in [1.82, 2.24) is 4.90 Å². The highest BCUT2D eigenvalue weighted by Crippen LogP contribution is 2.32. The number of hydrogen-bond donors (Lipinski definition) is 1. The maximum Gasteiger partial charge on any atom is 0.124 e.